The highest BCUT2D eigenvalue weighted by Gasteiger charge is 2.18. The highest BCUT2D eigenvalue weighted by atomic mass is 35.5. The molecule has 0 bridgehead atoms. The molecule has 0 aliphatic rings. The normalized spacial score (nSPS) is 11.3. The van der Waals surface area contributed by atoms with Crippen molar-refractivity contribution in [2.75, 3.05) is 34.9 Å². The maximum atomic E-state index is 11.4. The third-order valence-corrected chi connectivity index (χ3v) is 3.92. The Kier molecular flexibility index (Phi) is 7.69. The second kappa shape index (κ2) is 10.2. The molecule has 0 aliphatic carbocycles. The Morgan fingerprint density at radius 1 is 1.11 bits per heavy atom. The molecule has 0 aromatic heterocycles. The lowest BCUT2D eigenvalue weighted by molar-refractivity contribution is -0.383. The van der Waals surface area contributed by atoms with E-state index in [4.69, 9.17) is 11.6 Å². The zero-order valence-corrected chi connectivity index (χ0v) is 15.6. The Bertz CT molecular complexity index is 773. The number of nitrogens with zero attached hydrogens (tertiary/aromatic N) is 1. The van der Waals surface area contributed by atoms with Gasteiger partial charge in [-0.05, 0) is 24.3 Å². The predicted molar refractivity (Wildman–Crippen MR) is 108 cm³/mol. The third kappa shape index (κ3) is 6.67. The standard InChI is InChI=1S/C18H22ClN5O3/c1-13(25)22-18(12-19)23-16-8-7-15(11-17(16)24(26)27)21-10-9-20-14-5-3-2-4-6-14/h2-8,11,18,20-21,23H,9-10,12H2,1H3,(H,22,25). The first-order valence-electron chi connectivity index (χ1n) is 8.40. The quantitative estimate of drug-likeness (QED) is 0.163. The van der Waals surface area contributed by atoms with Gasteiger partial charge in [0.2, 0.25) is 5.91 Å². The number of halogens is 1. The number of rotatable bonds is 10. The van der Waals surface area contributed by atoms with Gasteiger partial charge in [-0.15, -0.1) is 11.6 Å². The van der Waals surface area contributed by atoms with Gasteiger partial charge >= 0.3 is 0 Å². The lowest BCUT2D eigenvalue weighted by Gasteiger charge is -2.18. The summed E-state index contributed by atoms with van der Waals surface area (Å²) in [4.78, 5) is 22.1. The molecule has 1 amide bonds. The number of anilines is 3. The number of hydrogen-bond donors (Lipinski definition) is 4. The summed E-state index contributed by atoms with van der Waals surface area (Å²) in [6, 6.07) is 14.5. The Balaban J connectivity index is 1.97. The number of alkyl halides is 1. The van der Waals surface area contributed by atoms with Crippen molar-refractivity contribution in [1.82, 2.24) is 5.32 Å². The van der Waals surface area contributed by atoms with E-state index >= 15 is 0 Å². The van der Waals surface area contributed by atoms with E-state index < -0.39 is 11.1 Å². The molecule has 8 nitrogen and oxygen atoms in total. The van der Waals surface area contributed by atoms with Gasteiger partial charge < -0.3 is 21.3 Å². The van der Waals surface area contributed by atoms with E-state index in [2.05, 4.69) is 21.3 Å². The highest BCUT2D eigenvalue weighted by Crippen LogP contribution is 2.28. The van der Waals surface area contributed by atoms with Crippen molar-refractivity contribution in [3.05, 3.63) is 58.6 Å². The summed E-state index contributed by atoms with van der Waals surface area (Å²) >= 11 is 5.79. The van der Waals surface area contributed by atoms with Crippen LogP contribution in [0.15, 0.2) is 48.5 Å². The lowest BCUT2D eigenvalue weighted by Crippen LogP contribution is -2.40. The average Bonchev–Trinajstić information content (AvgIpc) is 2.65. The van der Waals surface area contributed by atoms with Gasteiger partial charge in [0, 0.05) is 37.5 Å². The molecule has 0 saturated heterocycles. The Morgan fingerprint density at radius 2 is 1.78 bits per heavy atom. The molecule has 144 valence electrons. The first kappa shape index (κ1) is 20.3. The Labute approximate surface area is 162 Å². The molecule has 0 fully saturated rings. The van der Waals surface area contributed by atoms with Gasteiger partial charge in [-0.1, -0.05) is 18.2 Å². The first-order chi connectivity index (χ1) is 13.0. The van der Waals surface area contributed by atoms with E-state index in [0.717, 1.165) is 5.69 Å². The van der Waals surface area contributed by atoms with E-state index in [1.807, 2.05) is 30.3 Å². The minimum Gasteiger partial charge on any atom is -0.383 e. The molecule has 0 saturated carbocycles. The molecule has 0 aliphatic heterocycles. The number of nitrogens with one attached hydrogen (secondary N) is 4. The number of nitro groups is 1. The number of hydrogen-bond acceptors (Lipinski definition) is 6. The van der Waals surface area contributed by atoms with Crippen LogP contribution in [-0.2, 0) is 4.79 Å². The van der Waals surface area contributed by atoms with Crippen LogP contribution in [0, 0.1) is 10.1 Å². The third-order valence-electron chi connectivity index (χ3n) is 3.61. The van der Waals surface area contributed by atoms with E-state index in [0.29, 0.717) is 18.8 Å². The summed E-state index contributed by atoms with van der Waals surface area (Å²) < 4.78 is 0. The molecular weight excluding hydrogens is 370 g/mol. The maximum absolute atomic E-state index is 11.4. The summed E-state index contributed by atoms with van der Waals surface area (Å²) in [5.41, 5.74) is 1.82. The second-order valence-electron chi connectivity index (χ2n) is 5.76. The van der Waals surface area contributed by atoms with Crippen LogP contribution in [0.3, 0.4) is 0 Å². The number of nitro benzene ring substituents is 1. The zero-order chi connectivity index (χ0) is 19.6. The summed E-state index contributed by atoms with van der Waals surface area (Å²) in [5.74, 6) is -0.206. The van der Waals surface area contributed by atoms with Crippen molar-refractivity contribution < 1.29 is 9.72 Å². The average molecular weight is 392 g/mol. The van der Waals surface area contributed by atoms with E-state index in [1.165, 1.54) is 13.0 Å². The minimum atomic E-state index is -0.600. The van der Waals surface area contributed by atoms with E-state index in [-0.39, 0.29) is 23.2 Å². The van der Waals surface area contributed by atoms with Crippen LogP contribution in [0.25, 0.3) is 0 Å². The van der Waals surface area contributed by atoms with Gasteiger partial charge in [0.05, 0.1) is 10.8 Å². The fourth-order valence-electron chi connectivity index (χ4n) is 2.43. The molecular formula is C18H22ClN5O3. The molecule has 4 N–H and O–H groups in total. The monoisotopic (exact) mass is 391 g/mol. The molecule has 0 radical (unpaired) electrons. The van der Waals surface area contributed by atoms with Crippen molar-refractivity contribution in [2.45, 2.75) is 13.1 Å². The van der Waals surface area contributed by atoms with Gasteiger partial charge in [-0.2, -0.15) is 0 Å². The topological polar surface area (TPSA) is 108 Å². The largest absolute Gasteiger partial charge is 0.383 e. The van der Waals surface area contributed by atoms with Crippen molar-refractivity contribution >= 4 is 40.3 Å². The lowest BCUT2D eigenvalue weighted by atomic mass is 10.2. The van der Waals surface area contributed by atoms with Crippen molar-refractivity contribution in [1.29, 1.82) is 0 Å². The summed E-state index contributed by atoms with van der Waals surface area (Å²) in [7, 11) is 0. The number of carbonyl (C=O) groups excluding carboxylic acids is 1. The van der Waals surface area contributed by atoms with Gasteiger partial charge in [-0.3, -0.25) is 14.9 Å². The Morgan fingerprint density at radius 3 is 2.37 bits per heavy atom. The molecule has 0 spiro atoms. The van der Waals surface area contributed by atoms with Crippen LogP contribution in [0.5, 0.6) is 0 Å². The van der Waals surface area contributed by atoms with Crippen LogP contribution in [0.1, 0.15) is 6.92 Å². The fourth-order valence-corrected chi connectivity index (χ4v) is 2.59. The number of benzene rings is 2. The van der Waals surface area contributed by atoms with Gasteiger partial charge in [-0.25, -0.2) is 0 Å². The van der Waals surface area contributed by atoms with E-state index in [1.54, 1.807) is 12.1 Å². The summed E-state index contributed by atoms with van der Waals surface area (Å²) in [6.45, 7) is 2.61. The number of amides is 1. The number of carbonyl (C=O) groups is 1. The molecule has 2 rings (SSSR count). The number of para-hydroxylation sites is 1. The van der Waals surface area contributed by atoms with Crippen LogP contribution in [0.4, 0.5) is 22.7 Å². The van der Waals surface area contributed by atoms with Crippen LogP contribution in [-0.4, -0.2) is 36.0 Å². The predicted octanol–water partition coefficient (Wildman–Crippen LogP) is 3.23. The first-order valence-corrected chi connectivity index (χ1v) is 8.94. The zero-order valence-electron chi connectivity index (χ0n) is 14.9. The van der Waals surface area contributed by atoms with Crippen molar-refractivity contribution in [3.63, 3.8) is 0 Å². The molecule has 9 heteroatoms. The molecule has 1 unspecified atom stereocenters. The second-order valence-corrected chi connectivity index (χ2v) is 6.07. The molecule has 27 heavy (non-hydrogen) atoms. The van der Waals surface area contributed by atoms with Crippen molar-refractivity contribution in [3.8, 4) is 0 Å². The fraction of sp³-hybridized carbons (Fsp3) is 0.278. The molecule has 1 atom stereocenters. The van der Waals surface area contributed by atoms with Crippen LogP contribution >= 0.6 is 11.6 Å². The van der Waals surface area contributed by atoms with Gasteiger partial charge in [0.15, 0.2) is 0 Å². The van der Waals surface area contributed by atoms with Crippen molar-refractivity contribution in [2.24, 2.45) is 0 Å². The molecule has 2 aromatic rings. The van der Waals surface area contributed by atoms with Crippen LogP contribution in [0.2, 0.25) is 0 Å². The SMILES string of the molecule is CC(=O)NC(CCl)Nc1ccc(NCCNc2ccccc2)cc1[N+](=O)[O-]. The molecule has 0 heterocycles. The highest BCUT2D eigenvalue weighted by molar-refractivity contribution is 6.18. The van der Waals surface area contributed by atoms with E-state index in [9.17, 15) is 14.9 Å². The minimum absolute atomic E-state index is 0.0713. The van der Waals surface area contributed by atoms with Crippen LogP contribution < -0.4 is 21.3 Å². The van der Waals surface area contributed by atoms with Gasteiger partial charge in [0.25, 0.3) is 5.69 Å². The summed E-state index contributed by atoms with van der Waals surface area (Å²) in [6.07, 6.45) is -0.600. The summed E-state index contributed by atoms with van der Waals surface area (Å²) in [5, 5.41) is 23.3. The Hall–Kier alpha value is -3.00. The smallest absolute Gasteiger partial charge is 0.294 e. The maximum Gasteiger partial charge on any atom is 0.294 e. The van der Waals surface area contributed by atoms with Gasteiger partial charge in [0.1, 0.15) is 11.9 Å². The molecule has 2 aromatic carbocycles.